The molecule has 0 radical (unpaired) electrons. The van der Waals surface area contributed by atoms with Gasteiger partial charge in [0.15, 0.2) is 0 Å². The summed E-state index contributed by atoms with van der Waals surface area (Å²) in [5, 5.41) is 0. The molecule has 0 N–H and O–H groups in total. The third-order valence-corrected chi connectivity index (χ3v) is 2.63. The number of hydrogen-bond acceptors (Lipinski definition) is 4. The van der Waals surface area contributed by atoms with Gasteiger partial charge in [-0.3, -0.25) is 9.97 Å². The molecule has 2 rings (SSSR count). The Kier molecular flexibility index (Phi) is 4.93. The molecule has 4 heteroatoms. The van der Waals surface area contributed by atoms with Crippen molar-refractivity contribution < 1.29 is 9.47 Å². The van der Waals surface area contributed by atoms with Gasteiger partial charge in [-0.05, 0) is 39.0 Å². The van der Waals surface area contributed by atoms with Crippen LogP contribution in [0.15, 0.2) is 42.9 Å². The molecule has 2 aromatic heterocycles. The zero-order chi connectivity index (χ0) is 14.4. The van der Waals surface area contributed by atoms with E-state index in [1.807, 2.05) is 45.0 Å². The molecule has 0 saturated carbocycles. The second-order valence-corrected chi connectivity index (χ2v) is 4.97. The minimum absolute atomic E-state index is 0.0287. The van der Waals surface area contributed by atoms with Gasteiger partial charge in [0.25, 0.3) is 0 Å². The van der Waals surface area contributed by atoms with Gasteiger partial charge in [-0.1, -0.05) is 0 Å². The van der Waals surface area contributed by atoms with Gasteiger partial charge in [-0.25, -0.2) is 0 Å². The van der Waals surface area contributed by atoms with E-state index >= 15 is 0 Å². The second kappa shape index (κ2) is 6.89. The second-order valence-electron chi connectivity index (χ2n) is 4.97. The fourth-order valence-corrected chi connectivity index (χ4v) is 1.90. The number of nitrogens with zero attached hydrogens (tertiary/aromatic N) is 2. The van der Waals surface area contributed by atoms with E-state index in [9.17, 15) is 0 Å². The smallest absolute Gasteiger partial charge is 0.137 e. The van der Waals surface area contributed by atoms with Crippen molar-refractivity contribution >= 4 is 0 Å². The average molecular weight is 272 g/mol. The quantitative estimate of drug-likeness (QED) is 0.809. The Morgan fingerprint density at radius 2 is 1.90 bits per heavy atom. The first-order chi connectivity index (χ1) is 9.63. The first-order valence-electron chi connectivity index (χ1n) is 6.82. The molecule has 4 nitrogen and oxygen atoms in total. The summed E-state index contributed by atoms with van der Waals surface area (Å²) in [6.07, 6.45) is 6.12. The Morgan fingerprint density at radius 3 is 2.60 bits per heavy atom. The highest BCUT2D eigenvalue weighted by Gasteiger charge is 2.08. The Bertz CT molecular complexity index is 529. The van der Waals surface area contributed by atoms with Crippen LogP contribution in [0, 0.1) is 0 Å². The van der Waals surface area contributed by atoms with E-state index in [4.69, 9.17) is 9.47 Å². The summed E-state index contributed by atoms with van der Waals surface area (Å²) in [5.74, 6) is 1.62. The molecule has 0 fully saturated rings. The third kappa shape index (κ3) is 4.53. The van der Waals surface area contributed by atoms with Crippen molar-refractivity contribution in [3.63, 3.8) is 0 Å². The molecule has 106 valence electrons. The molecular formula is C16H20N2O2. The van der Waals surface area contributed by atoms with Crippen molar-refractivity contribution in [3.05, 3.63) is 48.5 Å². The maximum absolute atomic E-state index is 5.80. The maximum atomic E-state index is 5.80. The molecule has 0 aliphatic carbocycles. The van der Waals surface area contributed by atoms with Crippen molar-refractivity contribution in [2.75, 3.05) is 0 Å². The summed E-state index contributed by atoms with van der Waals surface area (Å²) < 4.78 is 11.5. The molecular weight excluding hydrogens is 252 g/mol. The normalized spacial score (nSPS) is 12.2. The summed E-state index contributed by atoms with van der Waals surface area (Å²) in [6, 6.07) is 7.59. The lowest BCUT2D eigenvalue weighted by atomic mass is 10.2. The van der Waals surface area contributed by atoms with Crippen LogP contribution in [-0.4, -0.2) is 22.2 Å². The highest BCUT2D eigenvalue weighted by molar-refractivity contribution is 5.23. The zero-order valence-electron chi connectivity index (χ0n) is 12.1. The van der Waals surface area contributed by atoms with Crippen molar-refractivity contribution in [1.29, 1.82) is 0 Å². The van der Waals surface area contributed by atoms with E-state index in [1.54, 1.807) is 18.6 Å². The molecule has 0 spiro atoms. The highest BCUT2D eigenvalue weighted by atomic mass is 16.5. The van der Waals surface area contributed by atoms with Crippen LogP contribution in [0.1, 0.15) is 26.5 Å². The van der Waals surface area contributed by atoms with E-state index in [-0.39, 0.29) is 12.2 Å². The van der Waals surface area contributed by atoms with Gasteiger partial charge < -0.3 is 9.47 Å². The van der Waals surface area contributed by atoms with Crippen LogP contribution in [-0.2, 0) is 6.42 Å². The van der Waals surface area contributed by atoms with E-state index in [2.05, 4.69) is 9.97 Å². The van der Waals surface area contributed by atoms with Gasteiger partial charge in [0, 0.05) is 30.6 Å². The Balaban J connectivity index is 1.95. The van der Waals surface area contributed by atoms with E-state index in [0.29, 0.717) is 0 Å². The molecule has 0 aliphatic rings. The molecule has 0 aliphatic heterocycles. The van der Waals surface area contributed by atoms with E-state index < -0.39 is 0 Å². The number of rotatable bonds is 6. The Morgan fingerprint density at radius 1 is 1.05 bits per heavy atom. The minimum atomic E-state index is 0.0287. The average Bonchev–Trinajstić information content (AvgIpc) is 2.39. The lowest BCUT2D eigenvalue weighted by molar-refractivity contribution is 0.219. The maximum Gasteiger partial charge on any atom is 0.137 e. The van der Waals surface area contributed by atoms with Gasteiger partial charge in [-0.2, -0.15) is 0 Å². The largest absolute Gasteiger partial charge is 0.491 e. The summed E-state index contributed by atoms with van der Waals surface area (Å²) in [6.45, 7) is 6.03. The van der Waals surface area contributed by atoms with Crippen molar-refractivity contribution in [1.82, 2.24) is 9.97 Å². The van der Waals surface area contributed by atoms with Crippen LogP contribution in [0.25, 0.3) is 0 Å². The number of ether oxygens (including phenoxy) is 2. The topological polar surface area (TPSA) is 44.2 Å². The first kappa shape index (κ1) is 14.3. The lowest BCUT2D eigenvalue weighted by Crippen LogP contribution is -2.16. The van der Waals surface area contributed by atoms with Gasteiger partial charge in [0.2, 0.25) is 0 Å². The van der Waals surface area contributed by atoms with Crippen LogP contribution in [0.2, 0.25) is 0 Å². The minimum Gasteiger partial charge on any atom is -0.491 e. The summed E-state index contributed by atoms with van der Waals surface area (Å²) in [4.78, 5) is 8.38. The Hall–Kier alpha value is -2.10. The van der Waals surface area contributed by atoms with Crippen LogP contribution in [0.5, 0.6) is 11.5 Å². The Labute approximate surface area is 119 Å². The fraction of sp³-hybridized carbons (Fsp3) is 0.375. The van der Waals surface area contributed by atoms with Crippen LogP contribution < -0.4 is 9.47 Å². The van der Waals surface area contributed by atoms with Gasteiger partial charge in [0.1, 0.15) is 17.6 Å². The molecule has 0 saturated heterocycles. The summed E-state index contributed by atoms with van der Waals surface area (Å²) in [7, 11) is 0. The van der Waals surface area contributed by atoms with Crippen molar-refractivity contribution in [3.8, 4) is 11.5 Å². The number of pyridine rings is 2. The molecule has 2 heterocycles. The SMILES string of the molecule is CC(C)Oc1ccnc(CC(C)Oc2cccnc2)c1. The first-order valence-corrected chi connectivity index (χ1v) is 6.82. The van der Waals surface area contributed by atoms with Gasteiger partial charge in [-0.15, -0.1) is 0 Å². The molecule has 1 atom stereocenters. The highest BCUT2D eigenvalue weighted by Crippen LogP contribution is 2.16. The predicted molar refractivity (Wildman–Crippen MR) is 78.0 cm³/mol. The summed E-state index contributed by atoms with van der Waals surface area (Å²) >= 11 is 0. The number of hydrogen-bond donors (Lipinski definition) is 0. The molecule has 20 heavy (non-hydrogen) atoms. The van der Waals surface area contributed by atoms with Crippen molar-refractivity contribution in [2.24, 2.45) is 0 Å². The van der Waals surface area contributed by atoms with E-state index in [0.717, 1.165) is 23.6 Å². The van der Waals surface area contributed by atoms with Crippen LogP contribution >= 0.6 is 0 Å². The fourth-order valence-electron chi connectivity index (χ4n) is 1.90. The standard InChI is InChI=1S/C16H20N2O2/c1-12(2)19-15-6-8-18-14(10-15)9-13(3)20-16-5-4-7-17-11-16/h4-8,10-13H,9H2,1-3H3. The monoisotopic (exact) mass is 272 g/mol. The molecule has 0 bridgehead atoms. The zero-order valence-corrected chi connectivity index (χ0v) is 12.1. The van der Waals surface area contributed by atoms with Crippen molar-refractivity contribution in [2.45, 2.75) is 39.4 Å². The third-order valence-electron chi connectivity index (χ3n) is 2.63. The van der Waals surface area contributed by atoms with Crippen LogP contribution in [0.3, 0.4) is 0 Å². The van der Waals surface area contributed by atoms with Gasteiger partial charge in [0.05, 0.1) is 12.3 Å². The predicted octanol–water partition coefficient (Wildman–Crippen LogP) is 3.27. The lowest BCUT2D eigenvalue weighted by Gasteiger charge is -2.15. The number of aromatic nitrogens is 2. The van der Waals surface area contributed by atoms with Crippen LogP contribution in [0.4, 0.5) is 0 Å². The molecule has 0 amide bonds. The van der Waals surface area contributed by atoms with E-state index in [1.165, 1.54) is 0 Å². The molecule has 2 aromatic rings. The van der Waals surface area contributed by atoms with Gasteiger partial charge >= 0.3 is 0 Å². The molecule has 1 unspecified atom stereocenters. The molecule has 0 aromatic carbocycles. The summed E-state index contributed by atoms with van der Waals surface area (Å²) in [5.41, 5.74) is 0.958.